The molecule has 1 rings (SSSR count). The number of carboxylic acids is 1. The van der Waals surface area contributed by atoms with E-state index in [-0.39, 0.29) is 6.42 Å². The van der Waals surface area contributed by atoms with E-state index in [0.717, 1.165) is 32.2 Å². The number of carbonyl (C=O) groups is 1. The molecular weight excluding hydrogens is 250 g/mol. The van der Waals surface area contributed by atoms with Gasteiger partial charge >= 0.3 is 5.97 Å². The Hall–Kier alpha value is -1.35. The van der Waals surface area contributed by atoms with Gasteiger partial charge in [-0.1, -0.05) is 50.6 Å². The van der Waals surface area contributed by atoms with Crippen molar-refractivity contribution in [3.63, 3.8) is 0 Å². The van der Waals surface area contributed by atoms with E-state index in [9.17, 15) is 4.79 Å². The molecule has 1 N–H and O–H groups in total. The van der Waals surface area contributed by atoms with Crippen LogP contribution in [0.1, 0.15) is 45.1 Å². The molecule has 3 nitrogen and oxygen atoms in total. The second-order valence-electron chi connectivity index (χ2n) is 5.31. The third-order valence-corrected chi connectivity index (χ3v) is 3.58. The van der Waals surface area contributed by atoms with Gasteiger partial charge in [0.05, 0.1) is 6.42 Å². The summed E-state index contributed by atoms with van der Waals surface area (Å²) in [5.74, 6) is -0.707. The lowest BCUT2D eigenvalue weighted by atomic mass is 10.00. The first-order valence-electron chi connectivity index (χ1n) is 7.67. The van der Waals surface area contributed by atoms with Crippen molar-refractivity contribution in [2.24, 2.45) is 0 Å². The number of hydrogen-bond acceptors (Lipinski definition) is 2. The predicted molar refractivity (Wildman–Crippen MR) is 83.0 cm³/mol. The lowest BCUT2D eigenvalue weighted by Crippen LogP contribution is -2.39. The van der Waals surface area contributed by atoms with Gasteiger partial charge in [0, 0.05) is 12.6 Å². The minimum absolute atomic E-state index is 0.231. The van der Waals surface area contributed by atoms with Crippen LogP contribution in [-0.4, -0.2) is 35.1 Å². The third kappa shape index (κ3) is 6.20. The zero-order chi connectivity index (χ0) is 14.8. The molecular formula is C17H27NO2. The molecule has 0 fully saturated rings. The zero-order valence-corrected chi connectivity index (χ0v) is 12.7. The smallest absolute Gasteiger partial charge is 0.304 e. The zero-order valence-electron chi connectivity index (χ0n) is 12.7. The van der Waals surface area contributed by atoms with E-state index in [2.05, 4.69) is 43.0 Å². The standard InChI is InChI=1S/C17H27NO2/c1-3-8-16(14-15-9-6-5-7-10-15)18(12-4-2)13-11-17(19)20/h5-7,9-10,16H,3-4,8,11-14H2,1-2H3,(H,19,20). The fourth-order valence-corrected chi connectivity index (χ4v) is 2.64. The fourth-order valence-electron chi connectivity index (χ4n) is 2.64. The lowest BCUT2D eigenvalue weighted by molar-refractivity contribution is -0.137. The van der Waals surface area contributed by atoms with Gasteiger partial charge in [-0.05, 0) is 31.4 Å². The van der Waals surface area contributed by atoms with Gasteiger partial charge in [0.25, 0.3) is 0 Å². The first kappa shape index (κ1) is 16.7. The fraction of sp³-hybridized carbons (Fsp3) is 0.588. The Morgan fingerprint density at radius 1 is 1.15 bits per heavy atom. The second-order valence-corrected chi connectivity index (χ2v) is 5.31. The Balaban J connectivity index is 2.70. The van der Waals surface area contributed by atoms with E-state index in [1.807, 2.05) is 6.07 Å². The molecule has 0 amide bonds. The largest absolute Gasteiger partial charge is 0.481 e. The molecule has 0 aliphatic carbocycles. The molecule has 0 heterocycles. The molecule has 0 spiro atoms. The van der Waals surface area contributed by atoms with Gasteiger partial charge in [-0.15, -0.1) is 0 Å². The van der Waals surface area contributed by atoms with E-state index in [4.69, 9.17) is 5.11 Å². The van der Waals surface area contributed by atoms with Crippen LogP contribution in [0.5, 0.6) is 0 Å². The minimum Gasteiger partial charge on any atom is -0.481 e. The topological polar surface area (TPSA) is 40.5 Å². The van der Waals surface area contributed by atoms with Crippen LogP contribution in [0.25, 0.3) is 0 Å². The van der Waals surface area contributed by atoms with Crippen molar-refractivity contribution < 1.29 is 9.90 Å². The van der Waals surface area contributed by atoms with E-state index < -0.39 is 5.97 Å². The van der Waals surface area contributed by atoms with Gasteiger partial charge in [-0.3, -0.25) is 9.69 Å². The first-order valence-corrected chi connectivity index (χ1v) is 7.67. The summed E-state index contributed by atoms with van der Waals surface area (Å²) >= 11 is 0. The van der Waals surface area contributed by atoms with Gasteiger partial charge in [0.15, 0.2) is 0 Å². The number of benzene rings is 1. The van der Waals surface area contributed by atoms with Crippen molar-refractivity contribution >= 4 is 5.97 Å². The average molecular weight is 277 g/mol. The van der Waals surface area contributed by atoms with Crippen LogP contribution in [0.4, 0.5) is 0 Å². The van der Waals surface area contributed by atoms with E-state index in [1.54, 1.807) is 0 Å². The highest BCUT2D eigenvalue weighted by Crippen LogP contribution is 2.15. The van der Waals surface area contributed by atoms with Gasteiger partial charge < -0.3 is 5.11 Å². The van der Waals surface area contributed by atoms with Crippen molar-refractivity contribution in [2.45, 2.75) is 52.0 Å². The summed E-state index contributed by atoms with van der Waals surface area (Å²) in [5, 5.41) is 8.91. The number of nitrogens with zero attached hydrogens (tertiary/aromatic N) is 1. The van der Waals surface area contributed by atoms with Gasteiger partial charge in [0.2, 0.25) is 0 Å². The Morgan fingerprint density at radius 3 is 2.40 bits per heavy atom. The van der Waals surface area contributed by atoms with Crippen molar-refractivity contribution in [2.75, 3.05) is 13.1 Å². The highest BCUT2D eigenvalue weighted by atomic mass is 16.4. The molecule has 3 heteroatoms. The Labute approximate surface area is 122 Å². The lowest BCUT2D eigenvalue weighted by Gasteiger charge is -2.31. The molecule has 0 saturated heterocycles. The predicted octanol–water partition coefficient (Wildman–Crippen LogP) is 3.58. The van der Waals surface area contributed by atoms with Crippen LogP contribution in [0, 0.1) is 0 Å². The van der Waals surface area contributed by atoms with Gasteiger partial charge in [-0.25, -0.2) is 0 Å². The third-order valence-electron chi connectivity index (χ3n) is 3.58. The monoisotopic (exact) mass is 277 g/mol. The highest BCUT2D eigenvalue weighted by Gasteiger charge is 2.18. The first-order chi connectivity index (χ1) is 9.67. The normalized spacial score (nSPS) is 12.6. The van der Waals surface area contributed by atoms with Crippen LogP contribution in [0.2, 0.25) is 0 Å². The summed E-state index contributed by atoms with van der Waals surface area (Å²) in [4.78, 5) is 13.2. The second kappa shape index (κ2) is 9.54. The highest BCUT2D eigenvalue weighted by molar-refractivity contribution is 5.66. The minimum atomic E-state index is -0.707. The van der Waals surface area contributed by atoms with Crippen molar-refractivity contribution in [1.82, 2.24) is 4.90 Å². The quantitative estimate of drug-likeness (QED) is 0.710. The van der Waals surface area contributed by atoms with Gasteiger partial charge in [0.1, 0.15) is 0 Å². The van der Waals surface area contributed by atoms with E-state index in [0.29, 0.717) is 12.6 Å². The molecule has 1 unspecified atom stereocenters. The van der Waals surface area contributed by atoms with Crippen LogP contribution >= 0.6 is 0 Å². The summed E-state index contributed by atoms with van der Waals surface area (Å²) in [6.45, 7) is 5.98. The van der Waals surface area contributed by atoms with Crippen LogP contribution in [0.3, 0.4) is 0 Å². The van der Waals surface area contributed by atoms with Crippen molar-refractivity contribution in [1.29, 1.82) is 0 Å². The summed E-state index contributed by atoms with van der Waals surface area (Å²) < 4.78 is 0. The molecule has 0 aliphatic heterocycles. The van der Waals surface area contributed by atoms with Crippen molar-refractivity contribution in [3.05, 3.63) is 35.9 Å². The van der Waals surface area contributed by atoms with Crippen molar-refractivity contribution in [3.8, 4) is 0 Å². The Bertz CT molecular complexity index is 378. The number of hydrogen-bond donors (Lipinski definition) is 1. The average Bonchev–Trinajstić information content (AvgIpc) is 2.44. The van der Waals surface area contributed by atoms with Crippen LogP contribution in [0.15, 0.2) is 30.3 Å². The molecule has 1 atom stereocenters. The summed E-state index contributed by atoms with van der Waals surface area (Å²) in [6, 6.07) is 10.9. The van der Waals surface area contributed by atoms with E-state index >= 15 is 0 Å². The molecule has 0 aromatic heterocycles. The molecule has 0 radical (unpaired) electrons. The number of carboxylic acid groups (broad SMARTS) is 1. The maximum absolute atomic E-state index is 10.8. The van der Waals surface area contributed by atoms with E-state index in [1.165, 1.54) is 5.56 Å². The Kier molecular flexibility index (Phi) is 7.97. The summed E-state index contributed by atoms with van der Waals surface area (Å²) in [6.07, 6.45) is 4.55. The summed E-state index contributed by atoms with van der Waals surface area (Å²) in [5.41, 5.74) is 1.34. The van der Waals surface area contributed by atoms with Crippen LogP contribution in [-0.2, 0) is 11.2 Å². The molecule has 1 aromatic rings. The number of aliphatic carboxylic acids is 1. The molecule has 112 valence electrons. The molecule has 0 aliphatic rings. The van der Waals surface area contributed by atoms with Gasteiger partial charge in [-0.2, -0.15) is 0 Å². The molecule has 0 saturated carbocycles. The maximum atomic E-state index is 10.8. The molecule has 20 heavy (non-hydrogen) atoms. The maximum Gasteiger partial charge on any atom is 0.304 e. The SMILES string of the molecule is CCCC(Cc1ccccc1)N(CCC)CCC(=O)O. The molecule has 0 bridgehead atoms. The summed E-state index contributed by atoms with van der Waals surface area (Å²) in [7, 11) is 0. The molecule has 1 aromatic carbocycles. The number of rotatable bonds is 10. The Morgan fingerprint density at radius 2 is 1.85 bits per heavy atom. The van der Waals surface area contributed by atoms with Crippen LogP contribution < -0.4 is 0 Å².